The van der Waals surface area contributed by atoms with Crippen molar-refractivity contribution in [1.29, 1.82) is 0 Å². The molecule has 0 saturated heterocycles. The second-order valence-electron chi connectivity index (χ2n) is 5.33. The molecule has 2 aromatic carbocycles. The summed E-state index contributed by atoms with van der Waals surface area (Å²) in [6, 6.07) is 17.4. The highest BCUT2D eigenvalue weighted by Gasteiger charge is 2.29. The predicted molar refractivity (Wildman–Crippen MR) is 95.0 cm³/mol. The zero-order valence-electron chi connectivity index (χ0n) is 12.0. The minimum atomic E-state index is -0.268. The number of fused-ring (bicyclic) bond motifs is 1. The second-order valence-corrected chi connectivity index (χ2v) is 6.64. The number of carbonyl (C=O) groups excluding carboxylic acids is 1. The molecule has 1 atom stereocenters. The summed E-state index contributed by atoms with van der Waals surface area (Å²) in [5.74, 6) is -0.0659. The lowest BCUT2D eigenvalue weighted by Crippen LogP contribution is -2.37. The van der Waals surface area contributed by atoms with Gasteiger partial charge in [-0.25, -0.2) is 0 Å². The molecule has 114 valence electrons. The van der Waals surface area contributed by atoms with Gasteiger partial charge in [-0.3, -0.25) is 4.79 Å². The van der Waals surface area contributed by atoms with Gasteiger partial charge in [0.05, 0.1) is 5.56 Å². The Bertz CT molecular complexity index is 876. The first-order chi connectivity index (χ1) is 11.2. The highest BCUT2D eigenvalue weighted by Crippen LogP contribution is 2.39. The first-order valence-corrected chi connectivity index (χ1v) is 8.48. The maximum Gasteiger partial charge on any atom is 0.256 e. The molecule has 2 heterocycles. The molecule has 0 spiro atoms. The van der Waals surface area contributed by atoms with Crippen LogP contribution < -0.4 is 10.6 Å². The highest BCUT2D eigenvalue weighted by molar-refractivity contribution is 7.15. The summed E-state index contributed by atoms with van der Waals surface area (Å²) >= 11 is 7.60. The van der Waals surface area contributed by atoms with Crippen molar-refractivity contribution in [2.75, 3.05) is 5.32 Å². The molecular formula is C18H13ClN2OS. The highest BCUT2D eigenvalue weighted by atomic mass is 35.5. The van der Waals surface area contributed by atoms with Crippen LogP contribution in [-0.4, -0.2) is 5.91 Å². The van der Waals surface area contributed by atoms with Gasteiger partial charge < -0.3 is 10.6 Å². The molecule has 3 aromatic rings. The predicted octanol–water partition coefficient (Wildman–Crippen LogP) is 4.92. The molecule has 1 aliphatic rings. The Balaban J connectivity index is 1.72. The second kappa shape index (κ2) is 5.72. The Hall–Kier alpha value is -2.30. The lowest BCUT2D eigenvalue weighted by Gasteiger charge is -2.26. The van der Waals surface area contributed by atoms with Crippen molar-refractivity contribution in [3.8, 4) is 11.1 Å². The minimum Gasteiger partial charge on any atom is -0.353 e. The molecular weight excluding hydrogens is 328 g/mol. The smallest absolute Gasteiger partial charge is 0.256 e. The summed E-state index contributed by atoms with van der Waals surface area (Å²) in [4.78, 5) is 12.6. The third kappa shape index (κ3) is 2.60. The van der Waals surface area contributed by atoms with E-state index in [1.54, 1.807) is 11.3 Å². The molecule has 0 saturated carbocycles. The van der Waals surface area contributed by atoms with Crippen LogP contribution >= 0.6 is 22.9 Å². The lowest BCUT2D eigenvalue weighted by molar-refractivity contribution is 0.0937. The SMILES string of the molecule is O=C1N[C@H](c2cccc(Cl)c2)Nc2scc(-c3ccccc3)c21. The van der Waals surface area contributed by atoms with Crippen LogP contribution in [-0.2, 0) is 0 Å². The summed E-state index contributed by atoms with van der Waals surface area (Å²) in [6.45, 7) is 0. The summed E-state index contributed by atoms with van der Waals surface area (Å²) in [5.41, 5.74) is 3.65. The number of anilines is 1. The van der Waals surface area contributed by atoms with Gasteiger partial charge in [-0.05, 0) is 23.3 Å². The molecule has 23 heavy (non-hydrogen) atoms. The molecule has 0 bridgehead atoms. The number of carbonyl (C=O) groups is 1. The summed E-state index contributed by atoms with van der Waals surface area (Å²) < 4.78 is 0. The van der Waals surface area contributed by atoms with Gasteiger partial charge in [0.25, 0.3) is 5.91 Å². The molecule has 3 nitrogen and oxygen atoms in total. The Morgan fingerprint density at radius 2 is 1.83 bits per heavy atom. The van der Waals surface area contributed by atoms with Gasteiger partial charge in [-0.1, -0.05) is 54.1 Å². The molecule has 0 aliphatic carbocycles. The van der Waals surface area contributed by atoms with Crippen molar-refractivity contribution in [2.24, 2.45) is 0 Å². The number of hydrogen-bond acceptors (Lipinski definition) is 3. The van der Waals surface area contributed by atoms with Crippen LogP contribution in [0, 0.1) is 0 Å². The van der Waals surface area contributed by atoms with E-state index in [0.717, 1.165) is 21.7 Å². The maximum atomic E-state index is 12.6. The number of hydrogen-bond donors (Lipinski definition) is 2. The molecule has 2 N–H and O–H groups in total. The zero-order chi connectivity index (χ0) is 15.8. The van der Waals surface area contributed by atoms with Gasteiger partial charge in [0.2, 0.25) is 0 Å². The van der Waals surface area contributed by atoms with E-state index in [0.29, 0.717) is 10.6 Å². The van der Waals surface area contributed by atoms with Gasteiger partial charge in [-0.2, -0.15) is 0 Å². The van der Waals surface area contributed by atoms with E-state index in [1.165, 1.54) is 0 Å². The summed E-state index contributed by atoms with van der Waals surface area (Å²) in [5, 5.41) is 9.96. The Morgan fingerprint density at radius 1 is 1.00 bits per heavy atom. The third-order valence-corrected chi connectivity index (χ3v) is 4.98. The Labute approximate surface area is 142 Å². The van der Waals surface area contributed by atoms with E-state index in [4.69, 9.17) is 11.6 Å². The van der Waals surface area contributed by atoms with E-state index in [1.807, 2.05) is 60.0 Å². The number of nitrogens with one attached hydrogen (secondary N) is 2. The number of halogens is 1. The van der Waals surface area contributed by atoms with E-state index >= 15 is 0 Å². The van der Waals surface area contributed by atoms with E-state index < -0.39 is 0 Å². The molecule has 1 amide bonds. The van der Waals surface area contributed by atoms with Crippen LogP contribution in [0.3, 0.4) is 0 Å². The fourth-order valence-corrected chi connectivity index (χ4v) is 3.94. The van der Waals surface area contributed by atoms with Gasteiger partial charge in [0, 0.05) is 16.0 Å². The Morgan fingerprint density at radius 3 is 2.61 bits per heavy atom. The largest absolute Gasteiger partial charge is 0.353 e. The molecule has 0 radical (unpaired) electrons. The monoisotopic (exact) mass is 340 g/mol. The van der Waals surface area contributed by atoms with Crippen LogP contribution in [0.4, 0.5) is 5.00 Å². The van der Waals surface area contributed by atoms with Crippen LogP contribution in [0.15, 0.2) is 60.0 Å². The van der Waals surface area contributed by atoms with Crippen molar-refractivity contribution in [3.63, 3.8) is 0 Å². The first-order valence-electron chi connectivity index (χ1n) is 7.22. The molecule has 1 aromatic heterocycles. The average molecular weight is 341 g/mol. The molecule has 5 heteroatoms. The fourth-order valence-electron chi connectivity index (χ4n) is 2.74. The van der Waals surface area contributed by atoms with Crippen LogP contribution in [0.25, 0.3) is 11.1 Å². The van der Waals surface area contributed by atoms with Crippen LogP contribution in [0.5, 0.6) is 0 Å². The number of thiophene rings is 1. The normalized spacial score (nSPS) is 16.4. The number of benzene rings is 2. The van der Waals surface area contributed by atoms with Gasteiger partial charge in [-0.15, -0.1) is 11.3 Å². The van der Waals surface area contributed by atoms with Gasteiger partial charge in [0.1, 0.15) is 11.2 Å². The Kier molecular flexibility index (Phi) is 3.56. The number of amides is 1. The fraction of sp³-hybridized carbons (Fsp3) is 0.0556. The van der Waals surface area contributed by atoms with Gasteiger partial charge in [0.15, 0.2) is 0 Å². The van der Waals surface area contributed by atoms with Crippen molar-refractivity contribution in [3.05, 3.63) is 76.1 Å². The third-order valence-electron chi connectivity index (χ3n) is 3.84. The van der Waals surface area contributed by atoms with Crippen molar-refractivity contribution in [2.45, 2.75) is 6.17 Å². The first kappa shape index (κ1) is 14.3. The van der Waals surface area contributed by atoms with Crippen molar-refractivity contribution >= 4 is 33.8 Å². The molecule has 4 rings (SSSR count). The standard InChI is InChI=1S/C18H13ClN2OS/c19-13-8-4-7-12(9-13)16-20-17(22)15-14(10-23-18(15)21-16)11-5-2-1-3-6-11/h1-10,16,21H,(H,20,22)/t16-/m0/s1. The van der Waals surface area contributed by atoms with E-state index in [9.17, 15) is 4.79 Å². The number of rotatable bonds is 2. The molecule has 0 fully saturated rings. The maximum absolute atomic E-state index is 12.6. The molecule has 1 aliphatic heterocycles. The molecule has 0 unspecified atom stereocenters. The van der Waals surface area contributed by atoms with Crippen LogP contribution in [0.2, 0.25) is 5.02 Å². The zero-order valence-corrected chi connectivity index (χ0v) is 13.6. The van der Waals surface area contributed by atoms with Crippen molar-refractivity contribution in [1.82, 2.24) is 5.32 Å². The summed E-state index contributed by atoms with van der Waals surface area (Å²) in [7, 11) is 0. The summed E-state index contributed by atoms with van der Waals surface area (Å²) in [6.07, 6.45) is -0.268. The minimum absolute atomic E-state index is 0.0659. The van der Waals surface area contributed by atoms with E-state index in [2.05, 4.69) is 10.6 Å². The van der Waals surface area contributed by atoms with Crippen molar-refractivity contribution < 1.29 is 4.79 Å². The van der Waals surface area contributed by atoms with Crippen LogP contribution in [0.1, 0.15) is 22.1 Å². The quantitative estimate of drug-likeness (QED) is 0.695. The van der Waals surface area contributed by atoms with E-state index in [-0.39, 0.29) is 12.1 Å². The van der Waals surface area contributed by atoms with Gasteiger partial charge >= 0.3 is 0 Å². The average Bonchev–Trinajstić information content (AvgIpc) is 3.00. The topological polar surface area (TPSA) is 41.1 Å². The lowest BCUT2D eigenvalue weighted by atomic mass is 10.0.